The number of carbonyl (C=O) groups is 1. The highest BCUT2D eigenvalue weighted by atomic mass is 35.5. The maximum Gasteiger partial charge on any atom is 0.312 e. The molecular weight excluding hydrogens is 403 g/mol. The molecule has 0 aliphatic heterocycles. The highest BCUT2D eigenvalue weighted by molar-refractivity contribution is 6.33. The fourth-order valence-corrected chi connectivity index (χ4v) is 3.17. The summed E-state index contributed by atoms with van der Waals surface area (Å²) in [5.74, 6) is -0.653. The Balaban J connectivity index is 1.75. The van der Waals surface area contributed by atoms with E-state index in [1.165, 1.54) is 35.3 Å². The molecule has 9 nitrogen and oxygen atoms in total. The molecule has 3 aromatic rings. The van der Waals surface area contributed by atoms with Gasteiger partial charge in [-0.25, -0.2) is 4.39 Å². The van der Waals surface area contributed by atoms with Crippen molar-refractivity contribution >= 4 is 29.0 Å². The van der Waals surface area contributed by atoms with Crippen LogP contribution in [0, 0.1) is 29.8 Å². The molecule has 0 radical (unpaired) electrons. The molecule has 0 fully saturated rings. The summed E-state index contributed by atoms with van der Waals surface area (Å²) < 4.78 is 15.8. The Morgan fingerprint density at radius 3 is 2.55 bits per heavy atom. The summed E-state index contributed by atoms with van der Waals surface area (Å²) in [6.45, 7) is 4.96. The normalized spacial score (nSPS) is 12.0. The molecule has 0 saturated heterocycles. The number of aromatic nitrogens is 4. The molecule has 11 heteroatoms. The quantitative estimate of drug-likeness (QED) is 0.483. The number of hydrogen-bond acceptors (Lipinski definition) is 5. The number of aryl methyl sites for hydroxylation is 1. The number of anilines is 1. The van der Waals surface area contributed by atoms with Crippen LogP contribution in [0.3, 0.4) is 0 Å². The third-order valence-electron chi connectivity index (χ3n) is 4.43. The van der Waals surface area contributed by atoms with Crippen molar-refractivity contribution in [2.24, 2.45) is 0 Å². The minimum Gasteiger partial charge on any atom is -0.306 e. The summed E-state index contributed by atoms with van der Waals surface area (Å²) in [5, 5.41) is 22.3. The summed E-state index contributed by atoms with van der Waals surface area (Å²) in [6, 6.07) is 5.12. The zero-order valence-corrected chi connectivity index (χ0v) is 16.6. The Bertz CT molecular complexity index is 1080. The van der Waals surface area contributed by atoms with E-state index >= 15 is 0 Å². The van der Waals surface area contributed by atoms with Gasteiger partial charge in [-0.1, -0.05) is 23.7 Å². The topological polar surface area (TPSA) is 108 Å². The second kappa shape index (κ2) is 8.00. The number of rotatable bonds is 6. The molecule has 1 atom stereocenters. The maximum atomic E-state index is 13.0. The summed E-state index contributed by atoms with van der Waals surface area (Å²) in [4.78, 5) is 23.3. The van der Waals surface area contributed by atoms with Gasteiger partial charge in [-0.3, -0.25) is 24.3 Å². The first-order chi connectivity index (χ1) is 13.7. The van der Waals surface area contributed by atoms with Gasteiger partial charge in [-0.15, -0.1) is 0 Å². The molecule has 2 aromatic heterocycles. The van der Waals surface area contributed by atoms with Crippen LogP contribution in [0.4, 0.5) is 15.9 Å². The Morgan fingerprint density at radius 2 is 1.97 bits per heavy atom. The second-order valence-corrected chi connectivity index (χ2v) is 6.94. The standard InChI is InChI=1S/C18H18ClFN6O3/c1-10-16(26(28)29)11(2)25(22-10)12(3)18(27)21-17-15(19)9-24(23-17)8-13-4-6-14(20)7-5-13/h4-7,9,12H,8H2,1-3H3,(H,21,23,27). The number of hydrogen-bond donors (Lipinski definition) is 1. The molecule has 1 N–H and O–H groups in total. The van der Waals surface area contributed by atoms with Gasteiger partial charge in [-0.05, 0) is 38.5 Å². The number of nitrogens with zero attached hydrogens (tertiary/aromatic N) is 5. The van der Waals surface area contributed by atoms with Gasteiger partial charge in [0.2, 0.25) is 5.91 Å². The van der Waals surface area contributed by atoms with Crippen LogP contribution in [0.15, 0.2) is 30.5 Å². The van der Waals surface area contributed by atoms with Crippen molar-refractivity contribution in [1.82, 2.24) is 19.6 Å². The molecule has 2 heterocycles. The lowest BCUT2D eigenvalue weighted by Gasteiger charge is -2.13. The molecule has 1 aromatic carbocycles. The number of halogens is 2. The predicted molar refractivity (Wildman–Crippen MR) is 104 cm³/mol. The van der Waals surface area contributed by atoms with Crippen molar-refractivity contribution < 1.29 is 14.1 Å². The zero-order chi connectivity index (χ0) is 21.3. The summed E-state index contributed by atoms with van der Waals surface area (Å²) in [7, 11) is 0. The van der Waals surface area contributed by atoms with Gasteiger partial charge < -0.3 is 5.32 Å². The van der Waals surface area contributed by atoms with Crippen molar-refractivity contribution in [2.75, 3.05) is 5.32 Å². The van der Waals surface area contributed by atoms with Crippen molar-refractivity contribution in [3.05, 3.63) is 68.4 Å². The summed E-state index contributed by atoms with van der Waals surface area (Å²) in [5.41, 5.74) is 1.20. The van der Waals surface area contributed by atoms with Crippen molar-refractivity contribution in [3.8, 4) is 0 Å². The van der Waals surface area contributed by atoms with Gasteiger partial charge in [-0.2, -0.15) is 10.2 Å². The Hall–Kier alpha value is -3.27. The fourth-order valence-electron chi connectivity index (χ4n) is 2.97. The zero-order valence-electron chi connectivity index (χ0n) is 15.9. The van der Waals surface area contributed by atoms with E-state index in [9.17, 15) is 19.3 Å². The van der Waals surface area contributed by atoms with Gasteiger partial charge in [0.1, 0.15) is 28.3 Å². The molecule has 29 heavy (non-hydrogen) atoms. The first kappa shape index (κ1) is 20.5. The van der Waals surface area contributed by atoms with Crippen molar-refractivity contribution in [2.45, 2.75) is 33.4 Å². The summed E-state index contributed by atoms with van der Waals surface area (Å²) >= 11 is 6.16. The molecule has 0 saturated carbocycles. The highest BCUT2D eigenvalue weighted by Crippen LogP contribution is 2.26. The van der Waals surface area contributed by atoms with Crippen LogP contribution in [0.5, 0.6) is 0 Å². The van der Waals surface area contributed by atoms with Crippen LogP contribution in [0.2, 0.25) is 5.02 Å². The van der Waals surface area contributed by atoms with Gasteiger partial charge >= 0.3 is 5.69 Å². The molecule has 1 unspecified atom stereocenters. The maximum absolute atomic E-state index is 13.0. The van der Waals surface area contributed by atoms with E-state index in [2.05, 4.69) is 15.5 Å². The monoisotopic (exact) mass is 420 g/mol. The van der Waals surface area contributed by atoms with E-state index in [1.54, 1.807) is 25.3 Å². The Labute approximate surface area is 170 Å². The highest BCUT2D eigenvalue weighted by Gasteiger charge is 2.27. The van der Waals surface area contributed by atoms with E-state index in [4.69, 9.17) is 11.6 Å². The van der Waals surface area contributed by atoms with Gasteiger partial charge in [0, 0.05) is 6.20 Å². The van der Waals surface area contributed by atoms with Crippen LogP contribution in [0.25, 0.3) is 0 Å². The van der Waals surface area contributed by atoms with E-state index in [0.717, 1.165) is 5.56 Å². The minimum absolute atomic E-state index is 0.119. The van der Waals surface area contributed by atoms with Gasteiger partial charge in [0.25, 0.3) is 0 Å². The number of amides is 1. The van der Waals surface area contributed by atoms with E-state index in [-0.39, 0.29) is 33.7 Å². The predicted octanol–water partition coefficient (Wildman–Crippen LogP) is 3.65. The Kier molecular flexibility index (Phi) is 5.64. The molecule has 152 valence electrons. The van der Waals surface area contributed by atoms with Crippen LogP contribution in [-0.4, -0.2) is 30.4 Å². The van der Waals surface area contributed by atoms with Crippen molar-refractivity contribution in [3.63, 3.8) is 0 Å². The molecule has 3 rings (SSSR count). The molecule has 0 spiro atoms. The SMILES string of the molecule is Cc1nn(C(C)C(=O)Nc2nn(Cc3ccc(F)cc3)cc2Cl)c(C)c1[N+](=O)[O-]. The van der Waals surface area contributed by atoms with Crippen LogP contribution in [-0.2, 0) is 11.3 Å². The number of nitro groups is 1. The third kappa shape index (κ3) is 4.27. The number of carbonyl (C=O) groups excluding carboxylic acids is 1. The Morgan fingerprint density at radius 1 is 1.31 bits per heavy atom. The van der Waals surface area contributed by atoms with Crippen LogP contribution < -0.4 is 5.32 Å². The largest absolute Gasteiger partial charge is 0.312 e. The first-order valence-corrected chi connectivity index (χ1v) is 9.03. The molecule has 0 bridgehead atoms. The second-order valence-electron chi connectivity index (χ2n) is 6.54. The molecule has 0 aliphatic carbocycles. The van der Waals surface area contributed by atoms with Gasteiger partial charge in [0.05, 0.1) is 11.5 Å². The van der Waals surface area contributed by atoms with Crippen LogP contribution in [0.1, 0.15) is 29.9 Å². The molecule has 0 aliphatic rings. The third-order valence-corrected chi connectivity index (χ3v) is 4.71. The minimum atomic E-state index is -0.819. The molecular formula is C18H18ClFN6O3. The van der Waals surface area contributed by atoms with Crippen molar-refractivity contribution in [1.29, 1.82) is 0 Å². The fraction of sp³-hybridized carbons (Fsp3) is 0.278. The smallest absolute Gasteiger partial charge is 0.306 e. The van der Waals surface area contributed by atoms with E-state index < -0.39 is 16.9 Å². The van der Waals surface area contributed by atoms with E-state index in [0.29, 0.717) is 6.54 Å². The van der Waals surface area contributed by atoms with E-state index in [1.807, 2.05) is 0 Å². The molecule has 1 amide bonds. The lowest BCUT2D eigenvalue weighted by Crippen LogP contribution is -2.25. The number of nitrogens with one attached hydrogen (secondary N) is 1. The first-order valence-electron chi connectivity index (χ1n) is 8.65. The number of benzene rings is 1. The average Bonchev–Trinajstić information content (AvgIpc) is 3.14. The van der Waals surface area contributed by atoms with Crippen LogP contribution >= 0.6 is 11.6 Å². The van der Waals surface area contributed by atoms with Gasteiger partial charge in [0.15, 0.2) is 5.82 Å². The lowest BCUT2D eigenvalue weighted by molar-refractivity contribution is -0.386. The summed E-state index contributed by atoms with van der Waals surface area (Å²) in [6.07, 6.45) is 1.54. The lowest BCUT2D eigenvalue weighted by atomic mass is 10.2. The average molecular weight is 421 g/mol.